The number of ether oxygens (including phenoxy) is 1. The lowest BCUT2D eigenvalue weighted by Gasteiger charge is -2.23. The minimum atomic E-state index is -3.88. The molecule has 0 aliphatic rings. The molecule has 0 atom stereocenters. The van der Waals surface area contributed by atoms with Gasteiger partial charge in [0.05, 0.1) is 10.6 Å². The number of halogens is 1. The second-order valence-electron chi connectivity index (χ2n) is 8.19. The Morgan fingerprint density at radius 3 is 2.18 bits per heavy atom. The molecule has 4 rings (SSSR count). The van der Waals surface area contributed by atoms with Gasteiger partial charge >= 0.3 is 5.97 Å². The van der Waals surface area contributed by atoms with Crippen molar-refractivity contribution >= 4 is 33.6 Å². The first-order valence-electron chi connectivity index (χ1n) is 11.5. The molecule has 3 aromatic carbocycles. The van der Waals surface area contributed by atoms with Crippen LogP contribution in [0.1, 0.15) is 18.1 Å². The largest absolute Gasteiger partial charge is 0.482 e. The van der Waals surface area contributed by atoms with Gasteiger partial charge in [0.1, 0.15) is 5.75 Å². The van der Waals surface area contributed by atoms with Gasteiger partial charge in [0.25, 0.3) is 5.97 Å². The number of aromatic nitrogens is 2. The van der Waals surface area contributed by atoms with Crippen LogP contribution < -0.4 is 4.74 Å². The van der Waals surface area contributed by atoms with Crippen molar-refractivity contribution in [2.45, 2.75) is 24.9 Å². The van der Waals surface area contributed by atoms with Crippen LogP contribution in [0, 0.1) is 0 Å². The Morgan fingerprint density at radius 2 is 1.59 bits per heavy atom. The molecule has 39 heavy (non-hydrogen) atoms. The smallest absolute Gasteiger partial charge is 0.341 e. The second kappa shape index (κ2) is 13.6. The highest BCUT2D eigenvalue weighted by Gasteiger charge is 2.25. The summed E-state index contributed by atoms with van der Waals surface area (Å²) in [4.78, 5) is 19.9. The summed E-state index contributed by atoms with van der Waals surface area (Å²) in [6, 6.07) is 22.0. The summed E-state index contributed by atoms with van der Waals surface area (Å²) in [6.07, 6.45) is 3.51. The zero-order chi connectivity index (χ0) is 28.4. The van der Waals surface area contributed by atoms with Crippen LogP contribution in [0.2, 0.25) is 5.02 Å². The Bertz CT molecular complexity index is 1490. The molecule has 0 aliphatic carbocycles. The van der Waals surface area contributed by atoms with Gasteiger partial charge in [-0.2, -0.15) is 9.40 Å². The first kappa shape index (κ1) is 29.4. The molecule has 204 valence electrons. The number of hydrogen-bond acceptors (Lipinski definition) is 6. The summed E-state index contributed by atoms with van der Waals surface area (Å²) in [5.74, 6) is -1.58. The number of rotatable bonds is 10. The van der Waals surface area contributed by atoms with Crippen molar-refractivity contribution in [1.82, 2.24) is 14.1 Å². The molecule has 10 nitrogen and oxygen atoms in total. The molecule has 0 amide bonds. The molecule has 0 spiro atoms. The fourth-order valence-electron chi connectivity index (χ4n) is 3.44. The third kappa shape index (κ3) is 8.95. The average molecular weight is 572 g/mol. The van der Waals surface area contributed by atoms with E-state index in [4.69, 9.17) is 31.3 Å². The second-order valence-corrected chi connectivity index (χ2v) is 10.6. The molecule has 12 heteroatoms. The molecule has 0 fully saturated rings. The zero-order valence-corrected chi connectivity index (χ0v) is 22.4. The summed E-state index contributed by atoms with van der Waals surface area (Å²) in [5.41, 5.74) is 2.30. The van der Waals surface area contributed by atoms with Gasteiger partial charge in [-0.25, -0.2) is 17.9 Å². The van der Waals surface area contributed by atoms with Crippen LogP contribution in [0.25, 0.3) is 5.69 Å². The number of aliphatic carboxylic acids is 2. The van der Waals surface area contributed by atoms with Gasteiger partial charge in [0.2, 0.25) is 10.0 Å². The Balaban J connectivity index is 0.000000983. The number of benzene rings is 3. The van der Waals surface area contributed by atoms with E-state index in [1.165, 1.54) is 28.6 Å². The number of nitrogens with zero attached hydrogens (tertiary/aromatic N) is 3. The maximum absolute atomic E-state index is 13.6. The zero-order valence-electron chi connectivity index (χ0n) is 20.8. The molecule has 1 heterocycles. The lowest BCUT2D eigenvalue weighted by Crippen LogP contribution is -2.30. The molecule has 0 radical (unpaired) electrons. The van der Waals surface area contributed by atoms with Gasteiger partial charge < -0.3 is 14.9 Å². The molecule has 0 saturated heterocycles. The van der Waals surface area contributed by atoms with E-state index in [1.807, 2.05) is 36.5 Å². The van der Waals surface area contributed by atoms with Crippen LogP contribution in [-0.2, 0) is 32.7 Å². The Kier molecular flexibility index (Phi) is 10.2. The van der Waals surface area contributed by atoms with Crippen molar-refractivity contribution in [3.63, 3.8) is 0 Å². The van der Waals surface area contributed by atoms with Crippen LogP contribution in [0.4, 0.5) is 0 Å². The van der Waals surface area contributed by atoms with Gasteiger partial charge in [-0.1, -0.05) is 35.9 Å². The van der Waals surface area contributed by atoms with Crippen molar-refractivity contribution < 1.29 is 33.0 Å². The standard InChI is InChI=1S/C25H22ClN3O5S.C2H4O2/c26-21-7-11-24(12-8-21)35(32,33)28(17-20-3-1-4-23(15-20)34-18-25(30)31)16-19-5-9-22(10-6-19)29-14-2-13-27-29;1-2(3)4/h1-15H,16-18H2,(H,30,31);1H3,(H,3,4). The minimum absolute atomic E-state index is 0.0517. The van der Waals surface area contributed by atoms with Gasteiger partial charge in [0, 0.05) is 37.4 Å². The topological polar surface area (TPSA) is 139 Å². The minimum Gasteiger partial charge on any atom is -0.482 e. The van der Waals surface area contributed by atoms with E-state index in [-0.39, 0.29) is 18.0 Å². The fourth-order valence-corrected chi connectivity index (χ4v) is 4.99. The number of hydrogen-bond donors (Lipinski definition) is 2. The molecule has 0 saturated carbocycles. The third-order valence-electron chi connectivity index (χ3n) is 5.14. The van der Waals surface area contributed by atoms with Crippen molar-refractivity contribution in [1.29, 1.82) is 0 Å². The molecular formula is C27H26ClN3O7S. The SMILES string of the molecule is CC(=O)O.O=C(O)COc1cccc(CN(Cc2ccc(-n3cccn3)cc2)S(=O)(=O)c2ccc(Cl)cc2)c1. The quantitative estimate of drug-likeness (QED) is 0.284. The predicted molar refractivity (Wildman–Crippen MR) is 144 cm³/mol. The lowest BCUT2D eigenvalue weighted by atomic mass is 10.2. The van der Waals surface area contributed by atoms with Gasteiger partial charge in [-0.05, 0) is 65.7 Å². The molecular weight excluding hydrogens is 546 g/mol. The predicted octanol–water partition coefficient (Wildman–Crippen LogP) is 4.47. The van der Waals surface area contributed by atoms with Gasteiger partial charge in [0.15, 0.2) is 6.61 Å². The number of carbonyl (C=O) groups is 2. The summed E-state index contributed by atoms with van der Waals surface area (Å²) in [7, 11) is -3.88. The van der Waals surface area contributed by atoms with Crippen LogP contribution in [0.3, 0.4) is 0 Å². The van der Waals surface area contributed by atoms with E-state index >= 15 is 0 Å². The summed E-state index contributed by atoms with van der Waals surface area (Å²) in [5, 5.41) is 20.9. The van der Waals surface area contributed by atoms with Crippen LogP contribution in [-0.4, -0.2) is 51.3 Å². The summed E-state index contributed by atoms with van der Waals surface area (Å²) >= 11 is 5.96. The van der Waals surface area contributed by atoms with E-state index in [9.17, 15) is 13.2 Å². The highest BCUT2D eigenvalue weighted by Crippen LogP contribution is 2.24. The molecule has 0 bridgehead atoms. The maximum Gasteiger partial charge on any atom is 0.341 e. The van der Waals surface area contributed by atoms with Crippen LogP contribution in [0.5, 0.6) is 5.75 Å². The Labute approximate surface area is 230 Å². The van der Waals surface area contributed by atoms with Gasteiger partial charge in [-0.15, -0.1) is 0 Å². The summed E-state index contributed by atoms with van der Waals surface area (Å²) < 4.78 is 35.5. The van der Waals surface area contributed by atoms with Crippen molar-refractivity contribution in [3.05, 3.63) is 107 Å². The number of carboxylic acids is 2. The highest BCUT2D eigenvalue weighted by atomic mass is 35.5. The molecule has 0 aliphatic heterocycles. The maximum atomic E-state index is 13.6. The van der Waals surface area contributed by atoms with Crippen molar-refractivity contribution in [2.24, 2.45) is 0 Å². The third-order valence-corrected chi connectivity index (χ3v) is 7.19. The molecule has 1 aromatic heterocycles. The van der Waals surface area contributed by atoms with Crippen molar-refractivity contribution in [3.8, 4) is 11.4 Å². The highest BCUT2D eigenvalue weighted by molar-refractivity contribution is 7.89. The van der Waals surface area contributed by atoms with Crippen LogP contribution in [0.15, 0.2) is 96.2 Å². The normalized spacial score (nSPS) is 10.9. The molecule has 4 aromatic rings. The van der Waals surface area contributed by atoms with Gasteiger partial charge in [-0.3, -0.25) is 4.79 Å². The van der Waals surface area contributed by atoms with E-state index in [0.29, 0.717) is 16.3 Å². The van der Waals surface area contributed by atoms with E-state index in [2.05, 4.69) is 5.10 Å². The average Bonchev–Trinajstić information content (AvgIpc) is 3.43. The number of carboxylic acid groups (broad SMARTS) is 2. The fraction of sp³-hybridized carbons (Fsp3) is 0.148. The van der Waals surface area contributed by atoms with E-state index in [1.54, 1.807) is 35.1 Å². The van der Waals surface area contributed by atoms with E-state index in [0.717, 1.165) is 18.2 Å². The molecule has 0 unspecified atom stereocenters. The summed E-state index contributed by atoms with van der Waals surface area (Å²) in [6.45, 7) is 0.763. The lowest BCUT2D eigenvalue weighted by molar-refractivity contribution is -0.139. The van der Waals surface area contributed by atoms with Crippen molar-refractivity contribution in [2.75, 3.05) is 6.61 Å². The first-order chi connectivity index (χ1) is 18.5. The Hall–Kier alpha value is -4.19. The first-order valence-corrected chi connectivity index (χ1v) is 13.3. The molecule has 2 N–H and O–H groups in total. The number of sulfonamides is 1. The monoisotopic (exact) mass is 571 g/mol. The van der Waals surface area contributed by atoms with Crippen LogP contribution >= 0.6 is 11.6 Å². The Morgan fingerprint density at radius 1 is 0.949 bits per heavy atom. The van der Waals surface area contributed by atoms with E-state index < -0.39 is 28.6 Å².